The van der Waals surface area contributed by atoms with Crippen LogP contribution in [-0.2, 0) is 4.74 Å². The molecule has 7 nitrogen and oxygen atoms in total. The Labute approximate surface area is 233 Å². The zero-order chi connectivity index (χ0) is 29.4. The highest BCUT2D eigenvalue weighted by Crippen LogP contribution is 2.66. The highest BCUT2D eigenvalue weighted by atomic mass is 28.3. The number of nitrogen functional groups attached to an aromatic ring is 1. The SMILES string of the molecule is CC(C)(C)[Si](C)(C)C[C@H]1O[C@@H](n2cnc3c(=O)[nH]c(N)nc32)[C@H]([Si](C)(C)C(C)(C)C)[C@@H]1[Si](C)(C)C(C)(C)C. The monoisotopic (exact) mass is 577 g/mol. The van der Waals surface area contributed by atoms with Gasteiger partial charge in [0.1, 0.15) is 6.23 Å². The Hall–Kier alpha value is -1.24. The number of H-pyrrole nitrogens is 1. The molecule has 0 aliphatic carbocycles. The molecular formula is C28H55N5O2Si3. The van der Waals surface area contributed by atoms with Gasteiger partial charge in [0.05, 0.1) is 36.7 Å². The highest BCUT2D eigenvalue weighted by Gasteiger charge is 2.63. The molecule has 0 aromatic carbocycles. The minimum absolute atomic E-state index is 0.116. The van der Waals surface area contributed by atoms with E-state index in [1.54, 1.807) is 6.33 Å². The van der Waals surface area contributed by atoms with Gasteiger partial charge in [0, 0.05) is 5.54 Å². The maximum Gasteiger partial charge on any atom is 0.280 e. The Kier molecular flexibility index (Phi) is 7.75. The molecular weight excluding hydrogens is 523 g/mol. The van der Waals surface area contributed by atoms with Crippen molar-refractivity contribution in [2.45, 2.75) is 146 Å². The molecule has 3 N–H and O–H groups in total. The van der Waals surface area contributed by atoms with Crippen molar-refractivity contribution in [2.24, 2.45) is 0 Å². The summed E-state index contributed by atoms with van der Waals surface area (Å²) in [5, 5.41) is 0.634. The van der Waals surface area contributed by atoms with Crippen LogP contribution in [-0.4, -0.2) is 49.8 Å². The summed E-state index contributed by atoms with van der Waals surface area (Å²) in [6.07, 6.45) is 1.72. The molecule has 1 aliphatic rings. The number of imidazole rings is 1. The molecule has 4 atom stereocenters. The van der Waals surface area contributed by atoms with Crippen molar-refractivity contribution in [1.82, 2.24) is 19.5 Å². The van der Waals surface area contributed by atoms with Gasteiger partial charge < -0.3 is 10.5 Å². The molecule has 0 bridgehead atoms. The van der Waals surface area contributed by atoms with Crippen LogP contribution in [0, 0.1) is 0 Å². The molecule has 0 radical (unpaired) electrons. The Bertz CT molecular complexity index is 1230. The molecule has 38 heavy (non-hydrogen) atoms. The lowest BCUT2D eigenvalue weighted by Crippen LogP contribution is -2.54. The summed E-state index contributed by atoms with van der Waals surface area (Å²) < 4.78 is 9.40. The molecule has 3 heterocycles. The lowest BCUT2D eigenvalue weighted by atomic mass is 10.2. The number of nitrogens with zero attached hydrogens (tertiary/aromatic N) is 3. The van der Waals surface area contributed by atoms with Crippen molar-refractivity contribution >= 4 is 41.3 Å². The number of aromatic nitrogens is 4. The van der Waals surface area contributed by atoms with Crippen LogP contribution in [0.1, 0.15) is 68.5 Å². The third-order valence-corrected chi connectivity index (χ3v) is 29.7. The van der Waals surface area contributed by atoms with Crippen LogP contribution in [0.4, 0.5) is 5.95 Å². The van der Waals surface area contributed by atoms with Gasteiger partial charge in [-0.2, -0.15) is 4.98 Å². The summed E-state index contributed by atoms with van der Waals surface area (Å²) in [5.41, 5.74) is 7.40. The van der Waals surface area contributed by atoms with E-state index < -0.39 is 24.2 Å². The first-order chi connectivity index (χ1) is 16.8. The second kappa shape index (κ2) is 9.41. The summed E-state index contributed by atoms with van der Waals surface area (Å²) in [6, 6.07) is 1.12. The first kappa shape index (κ1) is 31.3. The number of ether oxygens (including phenoxy) is 1. The lowest BCUT2D eigenvalue weighted by molar-refractivity contribution is 0.0111. The van der Waals surface area contributed by atoms with Crippen LogP contribution in [0.5, 0.6) is 0 Å². The zero-order valence-corrected chi connectivity index (χ0v) is 29.8. The van der Waals surface area contributed by atoms with Gasteiger partial charge in [-0.05, 0) is 26.7 Å². The maximum atomic E-state index is 12.7. The quantitative estimate of drug-likeness (QED) is 0.352. The average molecular weight is 578 g/mol. The number of hydrogen-bond donors (Lipinski definition) is 2. The van der Waals surface area contributed by atoms with E-state index in [4.69, 9.17) is 10.5 Å². The second-order valence-electron chi connectivity index (χ2n) is 16.7. The smallest absolute Gasteiger partial charge is 0.280 e. The number of fused-ring (bicyclic) bond motifs is 1. The van der Waals surface area contributed by atoms with E-state index in [9.17, 15) is 4.79 Å². The second-order valence-corrected chi connectivity index (χ2v) is 33.6. The van der Waals surface area contributed by atoms with Crippen molar-refractivity contribution in [1.29, 1.82) is 0 Å². The summed E-state index contributed by atoms with van der Waals surface area (Å²) in [6.45, 7) is 37.1. The van der Waals surface area contributed by atoms with E-state index in [0.29, 0.717) is 22.2 Å². The Balaban J connectivity index is 2.35. The van der Waals surface area contributed by atoms with E-state index in [1.807, 2.05) is 0 Å². The fraction of sp³-hybridized carbons (Fsp3) is 0.821. The molecule has 0 amide bonds. The minimum Gasteiger partial charge on any atom is -0.369 e. The molecule has 1 fully saturated rings. The van der Waals surface area contributed by atoms with Crippen molar-refractivity contribution in [3.8, 4) is 0 Å². The van der Waals surface area contributed by atoms with Crippen molar-refractivity contribution < 1.29 is 4.74 Å². The molecule has 1 aliphatic heterocycles. The van der Waals surface area contributed by atoms with Crippen LogP contribution < -0.4 is 11.3 Å². The van der Waals surface area contributed by atoms with E-state index in [-0.39, 0.29) is 39.0 Å². The summed E-state index contributed by atoms with van der Waals surface area (Å²) in [7, 11) is -5.57. The first-order valence-electron chi connectivity index (χ1n) is 14.2. The van der Waals surface area contributed by atoms with Gasteiger partial charge in [-0.1, -0.05) is 102 Å². The molecule has 2 aromatic rings. The van der Waals surface area contributed by atoms with E-state index >= 15 is 0 Å². The third kappa shape index (κ3) is 5.14. The van der Waals surface area contributed by atoms with Gasteiger partial charge in [0.2, 0.25) is 5.95 Å². The molecule has 10 heteroatoms. The maximum absolute atomic E-state index is 12.7. The normalized spacial score (nSPS) is 24.4. The van der Waals surface area contributed by atoms with Crippen LogP contribution in [0.25, 0.3) is 11.2 Å². The highest BCUT2D eigenvalue weighted by molar-refractivity contribution is 6.88. The van der Waals surface area contributed by atoms with Crippen LogP contribution >= 0.6 is 0 Å². The molecule has 0 unspecified atom stereocenters. The van der Waals surface area contributed by atoms with E-state index in [2.05, 4.69) is 121 Å². The van der Waals surface area contributed by atoms with Gasteiger partial charge in [-0.3, -0.25) is 14.3 Å². The van der Waals surface area contributed by atoms with Crippen molar-refractivity contribution in [2.75, 3.05) is 5.73 Å². The third-order valence-electron chi connectivity index (χ3n) is 11.4. The van der Waals surface area contributed by atoms with Crippen LogP contribution in [0.3, 0.4) is 0 Å². The van der Waals surface area contributed by atoms with Crippen LogP contribution in [0.2, 0.25) is 71.5 Å². The predicted octanol–water partition coefficient (Wildman–Crippen LogP) is 7.87. The number of anilines is 1. The number of hydrogen-bond acceptors (Lipinski definition) is 5. The standard InChI is InChI=1S/C28H55N5O2Si3/c1-26(2,3)36(10,11)16-18-20(37(12,13)27(4,5)6)21(38(14,15)28(7,8)9)24(35-18)33-17-30-19-22(33)31-25(29)32-23(19)34/h17-18,20-21,24H,16H2,1-15H3,(H3,29,31,32,34)/t18-,20-,21-,24-/m1/s1. The molecule has 2 aromatic heterocycles. The van der Waals surface area contributed by atoms with Gasteiger partial charge in [-0.15, -0.1) is 0 Å². The number of aromatic amines is 1. The number of nitrogens with one attached hydrogen (secondary N) is 1. The zero-order valence-electron chi connectivity index (χ0n) is 26.8. The molecule has 216 valence electrons. The average Bonchev–Trinajstić information content (AvgIpc) is 3.26. The lowest BCUT2D eigenvalue weighted by Gasteiger charge is -2.53. The van der Waals surface area contributed by atoms with E-state index in [1.165, 1.54) is 0 Å². The van der Waals surface area contributed by atoms with Crippen molar-refractivity contribution in [3.63, 3.8) is 0 Å². The fourth-order valence-electron chi connectivity index (χ4n) is 5.83. The molecule has 0 saturated carbocycles. The largest absolute Gasteiger partial charge is 0.369 e. The van der Waals surface area contributed by atoms with Gasteiger partial charge in [0.25, 0.3) is 5.56 Å². The minimum atomic E-state index is -1.99. The Morgan fingerprint density at radius 2 is 1.39 bits per heavy atom. The summed E-state index contributed by atoms with van der Waals surface area (Å²) in [4.78, 5) is 24.4. The van der Waals surface area contributed by atoms with Gasteiger partial charge >= 0.3 is 0 Å². The van der Waals surface area contributed by atoms with Crippen LogP contribution in [0.15, 0.2) is 11.1 Å². The molecule has 1 saturated heterocycles. The fourth-order valence-corrected chi connectivity index (χ4v) is 16.8. The van der Waals surface area contributed by atoms with Gasteiger partial charge in [0.15, 0.2) is 11.2 Å². The number of nitrogens with two attached hydrogens (primary N) is 1. The Morgan fingerprint density at radius 3 is 1.87 bits per heavy atom. The van der Waals surface area contributed by atoms with Crippen molar-refractivity contribution in [3.05, 3.63) is 16.7 Å². The first-order valence-corrected chi connectivity index (χ1v) is 23.6. The number of rotatable bonds is 5. The predicted molar refractivity (Wildman–Crippen MR) is 170 cm³/mol. The van der Waals surface area contributed by atoms with Gasteiger partial charge in [-0.25, -0.2) is 4.98 Å². The van der Waals surface area contributed by atoms with E-state index in [0.717, 1.165) is 6.04 Å². The molecule has 0 spiro atoms. The topological polar surface area (TPSA) is 98.8 Å². The summed E-state index contributed by atoms with van der Waals surface area (Å²) in [5.74, 6) is 0.116. The summed E-state index contributed by atoms with van der Waals surface area (Å²) >= 11 is 0. The molecule has 3 rings (SSSR count). The Morgan fingerprint density at radius 1 is 0.895 bits per heavy atom.